The zero-order chi connectivity index (χ0) is 20.6. The molecule has 0 aliphatic heterocycles. The Morgan fingerprint density at radius 1 is 0.654 bits per heavy atom. The summed E-state index contributed by atoms with van der Waals surface area (Å²) in [6.07, 6.45) is -11.3. The van der Waals surface area contributed by atoms with Crippen molar-refractivity contribution in [1.29, 1.82) is 0 Å². The van der Waals surface area contributed by atoms with E-state index >= 15 is 0 Å². The summed E-state index contributed by atoms with van der Waals surface area (Å²) in [5.74, 6) is 0. The van der Waals surface area contributed by atoms with Gasteiger partial charge in [0.1, 0.15) is 36.6 Å². The molecule has 0 heterocycles. The molecule has 0 aromatic rings. The number of nitrogens with zero attached hydrogens (tertiary/aromatic N) is 1. The van der Waals surface area contributed by atoms with Crippen molar-refractivity contribution >= 4 is 17.3 Å². The molecule has 0 amide bonds. The molecule has 12 N–H and O–H groups in total. The second-order valence-electron chi connectivity index (χ2n) is 5.71. The maximum absolute atomic E-state index is 10.2. The lowest BCUT2D eigenvalue weighted by Crippen LogP contribution is -2.65. The number of hydrogen-bond donors (Lipinski definition) is 11. The molecule has 0 rings (SSSR count). The minimum absolute atomic E-state index is 0.558. The van der Waals surface area contributed by atoms with E-state index in [1.165, 1.54) is 0 Å². The highest BCUT2D eigenvalue weighted by Gasteiger charge is 2.42. The maximum atomic E-state index is 10.2. The molecule has 0 saturated carbocycles. The Labute approximate surface area is 155 Å². The van der Waals surface area contributed by atoms with Crippen LogP contribution in [0.4, 0.5) is 0 Å². The van der Waals surface area contributed by atoms with Gasteiger partial charge >= 0.3 is 0 Å². The second kappa shape index (κ2) is 11.9. The molecule has 0 aromatic carbocycles. The van der Waals surface area contributed by atoms with Crippen LogP contribution in [0, 0.1) is 0 Å². The lowest BCUT2D eigenvalue weighted by atomic mass is 9.95. The summed E-state index contributed by atoms with van der Waals surface area (Å²) in [5, 5.41) is 95.1. The molecule has 0 fully saturated rings. The Hall–Kier alpha value is -0.710. The number of rotatable bonds is 12. The van der Waals surface area contributed by atoms with Crippen LogP contribution < -0.4 is 5.73 Å². The number of aliphatic hydroxyl groups is 10. The topological polar surface area (TPSA) is 232 Å². The van der Waals surface area contributed by atoms with Crippen LogP contribution in [0.1, 0.15) is 0 Å². The van der Waals surface area contributed by atoms with Gasteiger partial charge in [0.25, 0.3) is 0 Å². The van der Waals surface area contributed by atoms with Gasteiger partial charge in [-0.15, -0.1) is 0 Å². The van der Waals surface area contributed by atoms with E-state index in [0.29, 0.717) is 0 Å². The zero-order valence-corrected chi connectivity index (χ0v) is 14.7. The number of hydrogen-bond acceptors (Lipinski definition) is 11. The van der Waals surface area contributed by atoms with Crippen molar-refractivity contribution in [1.82, 2.24) is 4.90 Å². The van der Waals surface area contributed by atoms with Gasteiger partial charge in [0, 0.05) is 0 Å². The predicted molar refractivity (Wildman–Crippen MR) is 90.6 cm³/mol. The minimum atomic E-state index is -1.95. The summed E-state index contributed by atoms with van der Waals surface area (Å²) < 4.78 is 0. The summed E-state index contributed by atoms with van der Waals surface area (Å²) in [7, 11) is 0. The van der Waals surface area contributed by atoms with Gasteiger partial charge in [-0.3, -0.25) is 0 Å². The Morgan fingerprint density at radius 2 is 0.962 bits per heavy atom. The van der Waals surface area contributed by atoms with Crippen LogP contribution in [-0.4, -0.2) is 136 Å². The molecule has 0 radical (unpaired) electrons. The minimum Gasteiger partial charge on any atom is -0.394 e. The standard InChI is InChI=1S/C13H28N2O10S/c14-13(26)15(5(1-16)9(22)11(24)7(20)3-18)6(2-17)10(23)12(25)8(21)4-19/h5-12,16-25H,1-4H2,(H2,14,26). The average molecular weight is 404 g/mol. The fourth-order valence-electron chi connectivity index (χ4n) is 2.42. The largest absolute Gasteiger partial charge is 0.394 e. The predicted octanol–water partition coefficient (Wildman–Crippen LogP) is -6.60. The molecule has 156 valence electrons. The van der Waals surface area contributed by atoms with Gasteiger partial charge < -0.3 is 61.7 Å². The smallest absolute Gasteiger partial charge is 0.167 e. The van der Waals surface area contributed by atoms with E-state index in [2.05, 4.69) is 0 Å². The van der Waals surface area contributed by atoms with Crippen molar-refractivity contribution in [3.05, 3.63) is 0 Å². The fourth-order valence-corrected chi connectivity index (χ4v) is 2.69. The molecule has 0 aromatic heterocycles. The fraction of sp³-hybridized carbons (Fsp3) is 0.923. The van der Waals surface area contributed by atoms with Crippen LogP contribution in [0.2, 0.25) is 0 Å². The van der Waals surface area contributed by atoms with Crippen LogP contribution in [0.15, 0.2) is 0 Å². The monoisotopic (exact) mass is 404 g/mol. The Balaban J connectivity index is 5.70. The summed E-state index contributed by atoms with van der Waals surface area (Å²) in [5.41, 5.74) is 5.51. The molecular formula is C13H28N2O10S. The van der Waals surface area contributed by atoms with Crippen molar-refractivity contribution in [2.45, 2.75) is 48.7 Å². The van der Waals surface area contributed by atoms with Crippen LogP contribution in [0.3, 0.4) is 0 Å². The summed E-state index contributed by atoms with van der Waals surface area (Å²) in [4.78, 5) is 0.727. The quantitative estimate of drug-likeness (QED) is 0.136. The molecule has 0 spiro atoms. The van der Waals surface area contributed by atoms with Gasteiger partial charge in [0.05, 0.1) is 38.5 Å². The Morgan fingerprint density at radius 3 is 1.15 bits per heavy atom. The lowest BCUT2D eigenvalue weighted by Gasteiger charge is -2.43. The highest BCUT2D eigenvalue weighted by molar-refractivity contribution is 7.80. The van der Waals surface area contributed by atoms with Crippen molar-refractivity contribution < 1.29 is 51.1 Å². The Bertz CT molecular complexity index is 390. The molecular weight excluding hydrogens is 376 g/mol. The Kier molecular flexibility index (Phi) is 11.6. The van der Waals surface area contributed by atoms with Crippen LogP contribution >= 0.6 is 12.2 Å². The zero-order valence-electron chi connectivity index (χ0n) is 13.9. The van der Waals surface area contributed by atoms with Gasteiger partial charge in [0.2, 0.25) is 0 Å². The van der Waals surface area contributed by atoms with E-state index in [1.54, 1.807) is 0 Å². The molecule has 26 heavy (non-hydrogen) atoms. The van der Waals surface area contributed by atoms with Gasteiger partial charge in [-0.05, 0) is 12.2 Å². The first-order valence-electron chi connectivity index (χ1n) is 7.68. The average Bonchev–Trinajstić information content (AvgIpc) is 2.64. The molecule has 8 atom stereocenters. The third kappa shape index (κ3) is 6.17. The van der Waals surface area contributed by atoms with Crippen molar-refractivity contribution in [3.8, 4) is 0 Å². The summed E-state index contributed by atoms with van der Waals surface area (Å²) >= 11 is 4.77. The van der Waals surface area contributed by atoms with Crippen molar-refractivity contribution in [2.75, 3.05) is 26.4 Å². The van der Waals surface area contributed by atoms with E-state index < -0.39 is 80.2 Å². The third-order valence-corrected chi connectivity index (χ3v) is 4.20. The van der Waals surface area contributed by atoms with E-state index in [-0.39, 0.29) is 0 Å². The summed E-state index contributed by atoms with van der Waals surface area (Å²) in [6.45, 7) is -3.65. The van der Waals surface area contributed by atoms with E-state index in [4.69, 9.17) is 28.2 Å². The first-order valence-corrected chi connectivity index (χ1v) is 8.09. The SMILES string of the molecule is NC(=S)N(C(CO)C(O)C(O)C(O)CO)C(CO)C(O)C(O)C(O)CO. The molecule has 8 unspecified atom stereocenters. The highest BCUT2D eigenvalue weighted by atomic mass is 32.1. The highest BCUT2D eigenvalue weighted by Crippen LogP contribution is 2.19. The number of aliphatic hydroxyl groups excluding tert-OH is 10. The van der Waals surface area contributed by atoms with E-state index in [9.17, 15) is 40.9 Å². The second-order valence-corrected chi connectivity index (χ2v) is 6.13. The molecule has 0 aliphatic carbocycles. The first kappa shape index (κ1) is 25.3. The summed E-state index contributed by atoms with van der Waals surface area (Å²) in [6, 6.07) is -3.12. The first-order chi connectivity index (χ1) is 12.1. The van der Waals surface area contributed by atoms with Crippen LogP contribution in [-0.2, 0) is 0 Å². The number of nitrogens with two attached hydrogens (primary N) is 1. The maximum Gasteiger partial charge on any atom is 0.167 e. The molecule has 13 heteroatoms. The van der Waals surface area contributed by atoms with Crippen LogP contribution in [0.5, 0.6) is 0 Å². The van der Waals surface area contributed by atoms with Gasteiger partial charge in [-0.1, -0.05) is 0 Å². The van der Waals surface area contributed by atoms with Gasteiger partial charge in [0.15, 0.2) is 5.11 Å². The van der Waals surface area contributed by atoms with Gasteiger partial charge in [-0.25, -0.2) is 0 Å². The van der Waals surface area contributed by atoms with E-state index in [1.807, 2.05) is 0 Å². The normalized spacial score (nSPS) is 21.2. The number of thiocarbonyl (C=S) groups is 1. The van der Waals surface area contributed by atoms with Crippen molar-refractivity contribution in [2.24, 2.45) is 5.73 Å². The molecule has 0 bridgehead atoms. The van der Waals surface area contributed by atoms with Crippen LogP contribution in [0.25, 0.3) is 0 Å². The molecule has 0 saturated heterocycles. The molecule has 12 nitrogen and oxygen atoms in total. The molecule has 0 aliphatic rings. The third-order valence-electron chi connectivity index (χ3n) is 3.99. The van der Waals surface area contributed by atoms with E-state index in [0.717, 1.165) is 4.90 Å². The van der Waals surface area contributed by atoms with Gasteiger partial charge in [-0.2, -0.15) is 0 Å². The lowest BCUT2D eigenvalue weighted by molar-refractivity contribution is -0.131. The van der Waals surface area contributed by atoms with Crippen molar-refractivity contribution in [3.63, 3.8) is 0 Å².